The number of aromatic nitrogens is 1. The molecule has 0 spiro atoms. The summed E-state index contributed by atoms with van der Waals surface area (Å²) >= 11 is 1.73. The molecule has 0 radical (unpaired) electrons. The summed E-state index contributed by atoms with van der Waals surface area (Å²) in [6.45, 7) is 2.06. The standard InChI is InChI=1S/C16H16N2S/c1-16(17,12-7-3-2-4-8-12)11-15-18-13-9-5-6-10-14(13)19-15/h2-10H,11,17H2,1H3. The third-order valence-corrected chi connectivity index (χ3v) is 4.33. The SMILES string of the molecule is CC(N)(Cc1nc2ccccc2s1)c1ccccc1. The molecule has 3 aromatic rings. The molecule has 3 heteroatoms. The molecule has 0 fully saturated rings. The van der Waals surface area contributed by atoms with Crippen LogP contribution >= 0.6 is 11.3 Å². The summed E-state index contributed by atoms with van der Waals surface area (Å²) < 4.78 is 1.22. The van der Waals surface area contributed by atoms with Crippen molar-refractivity contribution in [1.29, 1.82) is 0 Å². The molecule has 2 N–H and O–H groups in total. The second-order valence-corrected chi connectivity index (χ2v) is 6.15. The van der Waals surface area contributed by atoms with Crippen LogP contribution < -0.4 is 5.73 Å². The normalized spacial score (nSPS) is 14.4. The molecular formula is C16H16N2S. The number of benzene rings is 2. The minimum atomic E-state index is -0.380. The van der Waals surface area contributed by atoms with Crippen LogP contribution in [0.25, 0.3) is 10.2 Å². The summed E-state index contributed by atoms with van der Waals surface area (Å²) in [5.74, 6) is 0. The summed E-state index contributed by atoms with van der Waals surface area (Å²) in [4.78, 5) is 4.66. The molecule has 96 valence electrons. The fourth-order valence-electron chi connectivity index (χ4n) is 2.23. The fourth-order valence-corrected chi connectivity index (χ4v) is 3.37. The monoisotopic (exact) mass is 268 g/mol. The van der Waals surface area contributed by atoms with Gasteiger partial charge in [0, 0.05) is 12.0 Å². The number of para-hydroxylation sites is 1. The quantitative estimate of drug-likeness (QED) is 0.786. The Bertz CT molecular complexity index is 653. The summed E-state index contributed by atoms with van der Waals surface area (Å²) in [7, 11) is 0. The van der Waals surface area contributed by atoms with Gasteiger partial charge in [-0.15, -0.1) is 11.3 Å². The minimum Gasteiger partial charge on any atom is -0.321 e. The van der Waals surface area contributed by atoms with E-state index in [0.717, 1.165) is 22.5 Å². The zero-order valence-electron chi connectivity index (χ0n) is 10.8. The van der Waals surface area contributed by atoms with E-state index in [4.69, 9.17) is 5.73 Å². The zero-order chi connectivity index (χ0) is 13.3. The van der Waals surface area contributed by atoms with Crippen molar-refractivity contribution in [3.63, 3.8) is 0 Å². The van der Waals surface area contributed by atoms with Gasteiger partial charge in [0.15, 0.2) is 0 Å². The Kier molecular flexibility index (Phi) is 3.09. The van der Waals surface area contributed by atoms with Crippen LogP contribution in [0.5, 0.6) is 0 Å². The van der Waals surface area contributed by atoms with E-state index in [1.54, 1.807) is 11.3 Å². The number of hydrogen-bond acceptors (Lipinski definition) is 3. The van der Waals surface area contributed by atoms with E-state index in [-0.39, 0.29) is 5.54 Å². The summed E-state index contributed by atoms with van der Waals surface area (Å²) in [5, 5.41) is 1.09. The zero-order valence-corrected chi connectivity index (χ0v) is 11.7. The van der Waals surface area contributed by atoms with Crippen LogP contribution in [0, 0.1) is 0 Å². The first-order valence-electron chi connectivity index (χ1n) is 6.34. The van der Waals surface area contributed by atoms with Crippen LogP contribution in [-0.4, -0.2) is 4.98 Å². The lowest BCUT2D eigenvalue weighted by molar-refractivity contribution is 0.490. The first-order chi connectivity index (χ1) is 9.15. The molecule has 0 saturated heterocycles. The lowest BCUT2D eigenvalue weighted by Crippen LogP contribution is -2.35. The van der Waals surface area contributed by atoms with Crippen LogP contribution in [0.4, 0.5) is 0 Å². The van der Waals surface area contributed by atoms with Gasteiger partial charge < -0.3 is 5.73 Å². The van der Waals surface area contributed by atoms with Gasteiger partial charge in [-0.2, -0.15) is 0 Å². The van der Waals surface area contributed by atoms with E-state index in [1.807, 2.05) is 36.4 Å². The highest BCUT2D eigenvalue weighted by molar-refractivity contribution is 7.18. The number of nitrogens with two attached hydrogens (primary N) is 1. The summed E-state index contributed by atoms with van der Waals surface area (Å²) in [5.41, 5.74) is 8.29. The van der Waals surface area contributed by atoms with Gasteiger partial charge in [-0.25, -0.2) is 4.98 Å². The number of rotatable bonds is 3. The van der Waals surface area contributed by atoms with Crippen molar-refractivity contribution in [2.45, 2.75) is 18.9 Å². The number of hydrogen-bond donors (Lipinski definition) is 1. The number of thiazole rings is 1. The molecule has 0 bridgehead atoms. The van der Waals surface area contributed by atoms with Crippen molar-refractivity contribution in [2.75, 3.05) is 0 Å². The maximum absolute atomic E-state index is 6.46. The molecular weight excluding hydrogens is 252 g/mol. The van der Waals surface area contributed by atoms with Gasteiger partial charge in [-0.05, 0) is 24.6 Å². The predicted octanol–water partition coefficient (Wildman–Crippen LogP) is 3.71. The predicted molar refractivity (Wildman–Crippen MR) is 81.3 cm³/mol. The van der Waals surface area contributed by atoms with E-state index < -0.39 is 0 Å². The van der Waals surface area contributed by atoms with Crippen molar-refractivity contribution >= 4 is 21.6 Å². The highest BCUT2D eigenvalue weighted by atomic mass is 32.1. The lowest BCUT2D eigenvalue weighted by Gasteiger charge is -2.24. The molecule has 0 aliphatic heterocycles. The molecule has 19 heavy (non-hydrogen) atoms. The molecule has 1 aromatic heterocycles. The average Bonchev–Trinajstić information content (AvgIpc) is 2.81. The van der Waals surface area contributed by atoms with Crippen molar-refractivity contribution in [3.05, 3.63) is 65.2 Å². The maximum atomic E-state index is 6.46. The Morgan fingerprint density at radius 3 is 2.47 bits per heavy atom. The molecule has 0 amide bonds. The molecule has 1 unspecified atom stereocenters. The van der Waals surface area contributed by atoms with Gasteiger partial charge in [0.05, 0.1) is 15.2 Å². The Hall–Kier alpha value is -1.71. The Morgan fingerprint density at radius 1 is 1.05 bits per heavy atom. The van der Waals surface area contributed by atoms with Gasteiger partial charge in [-0.3, -0.25) is 0 Å². The third kappa shape index (κ3) is 2.53. The van der Waals surface area contributed by atoms with Crippen molar-refractivity contribution in [2.24, 2.45) is 5.73 Å². The smallest absolute Gasteiger partial charge is 0.0960 e. The topological polar surface area (TPSA) is 38.9 Å². The highest BCUT2D eigenvalue weighted by Gasteiger charge is 2.23. The lowest BCUT2D eigenvalue weighted by atomic mass is 9.90. The second-order valence-electron chi connectivity index (χ2n) is 5.04. The fraction of sp³-hybridized carbons (Fsp3) is 0.188. The van der Waals surface area contributed by atoms with Gasteiger partial charge in [0.2, 0.25) is 0 Å². The highest BCUT2D eigenvalue weighted by Crippen LogP contribution is 2.28. The maximum Gasteiger partial charge on any atom is 0.0960 e. The number of nitrogens with zero attached hydrogens (tertiary/aromatic N) is 1. The van der Waals surface area contributed by atoms with Crippen molar-refractivity contribution in [1.82, 2.24) is 4.98 Å². The molecule has 3 rings (SSSR count). The first-order valence-corrected chi connectivity index (χ1v) is 7.16. The summed E-state index contributed by atoms with van der Waals surface area (Å²) in [6, 6.07) is 18.4. The average molecular weight is 268 g/mol. The van der Waals surface area contributed by atoms with Gasteiger partial charge in [-0.1, -0.05) is 42.5 Å². The molecule has 0 saturated carbocycles. The van der Waals surface area contributed by atoms with Gasteiger partial charge >= 0.3 is 0 Å². The Balaban J connectivity index is 1.92. The van der Waals surface area contributed by atoms with Crippen LogP contribution in [0.3, 0.4) is 0 Å². The summed E-state index contributed by atoms with van der Waals surface area (Å²) in [6.07, 6.45) is 0.760. The largest absolute Gasteiger partial charge is 0.321 e. The van der Waals surface area contributed by atoms with E-state index in [2.05, 4.69) is 30.1 Å². The van der Waals surface area contributed by atoms with Gasteiger partial charge in [0.25, 0.3) is 0 Å². The number of fused-ring (bicyclic) bond motifs is 1. The van der Waals surface area contributed by atoms with E-state index in [1.165, 1.54) is 4.70 Å². The van der Waals surface area contributed by atoms with E-state index in [9.17, 15) is 0 Å². The Morgan fingerprint density at radius 2 is 1.74 bits per heavy atom. The molecule has 0 aliphatic rings. The van der Waals surface area contributed by atoms with Crippen LogP contribution in [0.2, 0.25) is 0 Å². The molecule has 2 nitrogen and oxygen atoms in total. The van der Waals surface area contributed by atoms with Crippen molar-refractivity contribution < 1.29 is 0 Å². The van der Waals surface area contributed by atoms with E-state index >= 15 is 0 Å². The van der Waals surface area contributed by atoms with Gasteiger partial charge in [0.1, 0.15) is 0 Å². The molecule has 0 aliphatic carbocycles. The first kappa shape index (κ1) is 12.3. The van der Waals surface area contributed by atoms with Crippen LogP contribution in [0.15, 0.2) is 54.6 Å². The third-order valence-electron chi connectivity index (χ3n) is 3.29. The molecule has 1 heterocycles. The van der Waals surface area contributed by atoms with E-state index in [0.29, 0.717) is 0 Å². The van der Waals surface area contributed by atoms with Crippen LogP contribution in [-0.2, 0) is 12.0 Å². The second kappa shape index (κ2) is 4.76. The van der Waals surface area contributed by atoms with Crippen LogP contribution in [0.1, 0.15) is 17.5 Å². The molecule has 1 atom stereocenters. The molecule has 2 aromatic carbocycles. The Labute approximate surface area is 116 Å². The minimum absolute atomic E-state index is 0.380. The van der Waals surface area contributed by atoms with Crippen molar-refractivity contribution in [3.8, 4) is 0 Å².